The maximum atomic E-state index is 11.8. The van der Waals surface area contributed by atoms with Crippen molar-refractivity contribution in [3.8, 4) is 0 Å². The number of aromatic nitrogens is 2. The SMILES string of the molecule is COC1C(O[P+](=O)[S-])C(CO)OC1n1ccc(=O)[nH]c1=O. The van der Waals surface area contributed by atoms with E-state index in [-0.39, 0.29) is 0 Å². The Labute approximate surface area is 124 Å². The van der Waals surface area contributed by atoms with Crippen LogP contribution in [0, 0.1) is 0 Å². The molecule has 5 atom stereocenters. The minimum atomic E-state index is -2.36. The van der Waals surface area contributed by atoms with Crippen molar-refractivity contribution in [2.24, 2.45) is 0 Å². The number of methoxy groups -OCH3 is 1. The van der Waals surface area contributed by atoms with Gasteiger partial charge in [0.1, 0.15) is 12.2 Å². The van der Waals surface area contributed by atoms with Gasteiger partial charge in [0.2, 0.25) is 0 Å². The molecule has 0 amide bonds. The van der Waals surface area contributed by atoms with Gasteiger partial charge in [-0.1, -0.05) is 4.57 Å². The first kappa shape index (κ1) is 16.3. The summed E-state index contributed by atoms with van der Waals surface area (Å²) in [5.74, 6) is 0. The van der Waals surface area contributed by atoms with Crippen LogP contribution in [0.15, 0.2) is 21.9 Å². The van der Waals surface area contributed by atoms with E-state index in [9.17, 15) is 19.3 Å². The fourth-order valence-corrected chi connectivity index (χ4v) is 2.94. The highest BCUT2D eigenvalue weighted by atomic mass is 32.7. The average Bonchev–Trinajstić information content (AvgIpc) is 2.75. The monoisotopic (exact) mass is 336 g/mol. The predicted octanol–water partition coefficient (Wildman–Crippen LogP) is -0.969. The summed E-state index contributed by atoms with van der Waals surface area (Å²) in [7, 11) is -1.01. The Balaban J connectivity index is 2.37. The van der Waals surface area contributed by atoms with Crippen LogP contribution in [0.3, 0.4) is 0 Å². The van der Waals surface area contributed by atoms with E-state index in [2.05, 4.69) is 17.2 Å². The zero-order valence-corrected chi connectivity index (χ0v) is 12.6. The average molecular weight is 336 g/mol. The lowest BCUT2D eigenvalue weighted by atomic mass is 10.1. The van der Waals surface area contributed by atoms with Crippen molar-refractivity contribution in [1.29, 1.82) is 0 Å². The summed E-state index contributed by atoms with van der Waals surface area (Å²) < 4.78 is 28.0. The first-order valence-electron chi connectivity index (χ1n) is 5.89. The lowest BCUT2D eigenvalue weighted by Crippen LogP contribution is -2.39. The van der Waals surface area contributed by atoms with Gasteiger partial charge in [0.15, 0.2) is 12.3 Å². The highest BCUT2D eigenvalue weighted by molar-refractivity contribution is 8.25. The number of aliphatic hydroxyl groups excluding tert-OH is 1. The van der Waals surface area contributed by atoms with Crippen molar-refractivity contribution < 1.29 is 23.7 Å². The van der Waals surface area contributed by atoms with E-state index in [1.165, 1.54) is 13.3 Å². The van der Waals surface area contributed by atoms with Gasteiger partial charge in [-0.3, -0.25) is 14.3 Å². The fraction of sp³-hybridized carbons (Fsp3) is 0.600. The number of aliphatic hydroxyl groups is 1. The molecule has 1 aliphatic rings. The smallest absolute Gasteiger partial charge is 0.372 e. The third-order valence-electron chi connectivity index (χ3n) is 3.07. The Kier molecular flexibility index (Phi) is 5.31. The summed E-state index contributed by atoms with van der Waals surface area (Å²) in [6.07, 6.45) is -2.30. The van der Waals surface area contributed by atoms with Crippen LogP contribution in [-0.4, -0.2) is 46.7 Å². The lowest BCUT2D eigenvalue weighted by molar-refractivity contribution is -0.0625. The van der Waals surface area contributed by atoms with Gasteiger partial charge in [0, 0.05) is 19.4 Å². The van der Waals surface area contributed by atoms with Gasteiger partial charge in [-0.25, -0.2) is 4.79 Å². The Morgan fingerprint density at radius 3 is 2.76 bits per heavy atom. The molecule has 0 saturated carbocycles. The maximum Gasteiger partial charge on any atom is 0.372 e. The number of nitrogens with zero attached hydrogens (tertiary/aromatic N) is 1. The van der Waals surface area contributed by atoms with Crippen LogP contribution in [0.5, 0.6) is 0 Å². The number of rotatable bonds is 5. The van der Waals surface area contributed by atoms with Gasteiger partial charge in [0.25, 0.3) is 5.56 Å². The third kappa shape index (κ3) is 3.42. The molecule has 1 aromatic heterocycles. The Morgan fingerprint density at radius 1 is 1.52 bits per heavy atom. The molecular formula is C10H13N2O7PS. The normalized spacial score (nSPS) is 29.6. The second kappa shape index (κ2) is 6.82. The molecule has 2 heterocycles. The number of nitrogens with one attached hydrogen (secondary N) is 1. The number of H-pyrrole nitrogens is 1. The van der Waals surface area contributed by atoms with E-state index in [1.807, 2.05) is 0 Å². The third-order valence-corrected chi connectivity index (χ3v) is 3.74. The molecule has 1 saturated heterocycles. The van der Waals surface area contributed by atoms with Crippen LogP contribution in [0.4, 0.5) is 0 Å². The van der Waals surface area contributed by atoms with Crippen LogP contribution >= 0.6 is 7.23 Å². The van der Waals surface area contributed by atoms with Gasteiger partial charge >= 0.3 is 12.9 Å². The molecule has 9 nitrogen and oxygen atoms in total. The standard InChI is InChI=1S/C10H13N2O7PS/c1-17-8-7(19-20(16)21)5(4-13)18-9(8)12-3-2-6(14)11-10(12)15/h2-3,5,7-9,13H,4H2,1H3,(H,11,14,15). The van der Waals surface area contributed by atoms with Crippen molar-refractivity contribution in [3.63, 3.8) is 0 Å². The van der Waals surface area contributed by atoms with E-state index in [0.717, 1.165) is 10.6 Å². The lowest BCUT2D eigenvalue weighted by Gasteiger charge is -2.20. The van der Waals surface area contributed by atoms with Crippen LogP contribution in [-0.2, 0) is 30.8 Å². The fourth-order valence-electron chi connectivity index (χ4n) is 2.18. The second-order valence-electron chi connectivity index (χ2n) is 4.26. The minimum absolute atomic E-state index is 0.433. The van der Waals surface area contributed by atoms with E-state index in [4.69, 9.17) is 14.0 Å². The molecule has 2 rings (SSSR count). The molecule has 0 radical (unpaired) electrons. The number of ether oxygens (including phenoxy) is 2. The molecule has 2 N–H and O–H groups in total. The highest BCUT2D eigenvalue weighted by Gasteiger charge is 2.49. The molecule has 1 aliphatic heterocycles. The van der Waals surface area contributed by atoms with Crippen molar-refractivity contribution in [2.45, 2.75) is 24.5 Å². The molecule has 1 fully saturated rings. The first-order chi connectivity index (χ1) is 9.97. The van der Waals surface area contributed by atoms with Crippen LogP contribution < -0.4 is 11.2 Å². The molecule has 21 heavy (non-hydrogen) atoms. The summed E-state index contributed by atoms with van der Waals surface area (Å²) >= 11 is 4.49. The zero-order chi connectivity index (χ0) is 15.6. The molecule has 5 unspecified atom stereocenters. The molecule has 0 aliphatic carbocycles. The van der Waals surface area contributed by atoms with Gasteiger partial charge < -0.3 is 26.8 Å². The second-order valence-corrected chi connectivity index (χ2v) is 5.81. The Hall–Kier alpha value is -1.03. The van der Waals surface area contributed by atoms with Gasteiger partial charge in [0.05, 0.1) is 6.61 Å². The van der Waals surface area contributed by atoms with E-state index >= 15 is 0 Å². The quantitative estimate of drug-likeness (QED) is 0.521. The topological polar surface area (TPSA) is 120 Å². The molecule has 0 spiro atoms. The minimum Gasteiger partial charge on any atom is -0.408 e. The van der Waals surface area contributed by atoms with Crippen molar-refractivity contribution >= 4 is 19.5 Å². The Bertz CT molecular complexity index is 632. The van der Waals surface area contributed by atoms with Crippen molar-refractivity contribution in [1.82, 2.24) is 9.55 Å². The van der Waals surface area contributed by atoms with Crippen molar-refractivity contribution in [3.05, 3.63) is 33.1 Å². The number of hydrogen-bond donors (Lipinski definition) is 2. The summed E-state index contributed by atoms with van der Waals surface area (Å²) in [6, 6.07) is 1.15. The summed E-state index contributed by atoms with van der Waals surface area (Å²) in [5.41, 5.74) is -1.25. The van der Waals surface area contributed by atoms with Crippen molar-refractivity contribution in [2.75, 3.05) is 13.7 Å². The van der Waals surface area contributed by atoms with Gasteiger partial charge in [-0.2, -0.15) is 4.52 Å². The molecule has 0 aromatic carbocycles. The maximum absolute atomic E-state index is 11.8. The van der Waals surface area contributed by atoms with E-state index in [0.29, 0.717) is 0 Å². The summed E-state index contributed by atoms with van der Waals surface area (Å²) in [5, 5.41) is 9.31. The molecular weight excluding hydrogens is 323 g/mol. The summed E-state index contributed by atoms with van der Waals surface area (Å²) in [4.78, 5) is 25.0. The zero-order valence-electron chi connectivity index (χ0n) is 10.9. The molecule has 1 aromatic rings. The number of aromatic amines is 1. The summed E-state index contributed by atoms with van der Waals surface area (Å²) in [6.45, 7) is -0.433. The largest absolute Gasteiger partial charge is 0.408 e. The Morgan fingerprint density at radius 2 is 2.24 bits per heavy atom. The highest BCUT2D eigenvalue weighted by Crippen LogP contribution is 2.37. The molecule has 11 heteroatoms. The van der Waals surface area contributed by atoms with E-state index < -0.39 is 49.6 Å². The van der Waals surface area contributed by atoms with Gasteiger partial charge in [-0.05, 0) is 0 Å². The van der Waals surface area contributed by atoms with E-state index in [1.54, 1.807) is 0 Å². The van der Waals surface area contributed by atoms with Gasteiger partial charge in [-0.15, -0.1) is 0 Å². The van der Waals surface area contributed by atoms with Crippen LogP contribution in [0.1, 0.15) is 6.23 Å². The van der Waals surface area contributed by atoms with Crippen LogP contribution in [0.2, 0.25) is 0 Å². The number of hydrogen-bond acceptors (Lipinski definition) is 8. The van der Waals surface area contributed by atoms with Crippen LogP contribution in [0.25, 0.3) is 0 Å². The first-order valence-corrected chi connectivity index (χ1v) is 8.08. The molecule has 116 valence electrons. The molecule has 0 bridgehead atoms. The predicted molar refractivity (Wildman–Crippen MR) is 73.0 cm³/mol.